The maximum Gasteiger partial charge on any atom is 0.271 e. The molecule has 18 heavy (non-hydrogen) atoms. The van der Waals surface area contributed by atoms with Crippen LogP contribution in [0.1, 0.15) is 0 Å². The maximum absolute atomic E-state index is 10.1. The van der Waals surface area contributed by atoms with E-state index in [9.17, 15) is 10.1 Å². The SMILES string of the molecule is Nc1ccccc1.O=[N+]([O-])c1ccc(O)c(Cl)c1. The molecule has 2 aromatic rings. The van der Waals surface area contributed by atoms with Gasteiger partial charge < -0.3 is 10.8 Å². The first kappa shape index (κ1) is 13.8. The molecule has 0 bridgehead atoms. The summed E-state index contributed by atoms with van der Waals surface area (Å²) >= 11 is 5.40. The molecule has 0 aliphatic heterocycles. The van der Waals surface area contributed by atoms with Gasteiger partial charge >= 0.3 is 0 Å². The lowest BCUT2D eigenvalue weighted by Gasteiger charge is -1.94. The molecule has 0 unspecified atom stereocenters. The molecular formula is C12H11ClN2O3. The van der Waals surface area contributed by atoms with Crippen LogP contribution in [-0.2, 0) is 0 Å². The average molecular weight is 267 g/mol. The van der Waals surface area contributed by atoms with Gasteiger partial charge in [0.25, 0.3) is 5.69 Å². The Morgan fingerprint density at radius 3 is 2.17 bits per heavy atom. The number of aromatic hydroxyl groups is 1. The van der Waals surface area contributed by atoms with Gasteiger partial charge in [-0.3, -0.25) is 10.1 Å². The maximum atomic E-state index is 10.1. The first-order chi connectivity index (χ1) is 8.50. The zero-order valence-electron chi connectivity index (χ0n) is 9.29. The summed E-state index contributed by atoms with van der Waals surface area (Å²) in [6, 6.07) is 12.9. The van der Waals surface area contributed by atoms with Crippen LogP contribution in [0.3, 0.4) is 0 Å². The monoisotopic (exact) mass is 266 g/mol. The highest BCUT2D eigenvalue weighted by atomic mass is 35.5. The highest BCUT2D eigenvalue weighted by Gasteiger charge is 2.07. The van der Waals surface area contributed by atoms with Crippen molar-refractivity contribution in [2.24, 2.45) is 0 Å². The molecule has 0 spiro atoms. The third kappa shape index (κ3) is 4.31. The first-order valence-corrected chi connectivity index (χ1v) is 5.32. The molecule has 0 fully saturated rings. The number of hydrogen-bond acceptors (Lipinski definition) is 4. The van der Waals surface area contributed by atoms with E-state index in [2.05, 4.69) is 0 Å². The zero-order chi connectivity index (χ0) is 13.5. The van der Waals surface area contributed by atoms with E-state index in [-0.39, 0.29) is 16.5 Å². The first-order valence-electron chi connectivity index (χ1n) is 4.94. The summed E-state index contributed by atoms with van der Waals surface area (Å²) in [6.45, 7) is 0. The number of nitrogens with two attached hydrogens (primary N) is 1. The number of phenolic OH excluding ortho intramolecular Hbond substituents is 1. The van der Waals surface area contributed by atoms with Gasteiger partial charge in [-0.15, -0.1) is 0 Å². The number of non-ortho nitro benzene ring substituents is 1. The summed E-state index contributed by atoms with van der Waals surface area (Å²) in [5, 5.41) is 19.0. The predicted octanol–water partition coefficient (Wildman–Crippen LogP) is 3.22. The number of phenols is 1. The van der Waals surface area contributed by atoms with Crippen molar-refractivity contribution in [1.82, 2.24) is 0 Å². The minimum absolute atomic E-state index is 0.0146. The van der Waals surface area contributed by atoms with Gasteiger partial charge in [0.05, 0.1) is 9.95 Å². The largest absolute Gasteiger partial charge is 0.506 e. The minimum Gasteiger partial charge on any atom is -0.506 e. The third-order valence-corrected chi connectivity index (χ3v) is 2.24. The summed E-state index contributed by atoms with van der Waals surface area (Å²) in [5.74, 6) is -0.155. The van der Waals surface area contributed by atoms with Gasteiger partial charge in [-0.1, -0.05) is 29.8 Å². The van der Waals surface area contributed by atoms with Crippen LogP contribution < -0.4 is 5.73 Å². The molecular weight excluding hydrogens is 256 g/mol. The lowest BCUT2D eigenvalue weighted by molar-refractivity contribution is -0.384. The number of rotatable bonds is 1. The molecule has 0 aliphatic rings. The van der Waals surface area contributed by atoms with Crippen molar-refractivity contribution in [1.29, 1.82) is 0 Å². The van der Waals surface area contributed by atoms with Crippen LogP contribution >= 0.6 is 11.6 Å². The fourth-order valence-corrected chi connectivity index (χ4v) is 1.24. The molecule has 0 radical (unpaired) electrons. The van der Waals surface area contributed by atoms with Crippen molar-refractivity contribution in [2.75, 3.05) is 5.73 Å². The number of nitro groups is 1. The highest BCUT2D eigenvalue weighted by molar-refractivity contribution is 6.32. The average Bonchev–Trinajstić information content (AvgIpc) is 2.34. The second-order valence-corrected chi connectivity index (χ2v) is 3.71. The molecule has 0 atom stereocenters. The van der Waals surface area contributed by atoms with Crippen LogP contribution in [0, 0.1) is 10.1 Å². The quantitative estimate of drug-likeness (QED) is 0.471. The Morgan fingerprint density at radius 1 is 1.17 bits per heavy atom. The fourth-order valence-electron chi connectivity index (χ4n) is 1.06. The predicted molar refractivity (Wildman–Crippen MR) is 70.6 cm³/mol. The number of nitrogens with zero attached hydrogens (tertiary/aromatic N) is 1. The van der Waals surface area contributed by atoms with E-state index in [0.29, 0.717) is 0 Å². The van der Waals surface area contributed by atoms with Crippen molar-refractivity contribution in [2.45, 2.75) is 0 Å². The van der Waals surface area contributed by atoms with E-state index < -0.39 is 4.92 Å². The van der Waals surface area contributed by atoms with Gasteiger partial charge in [0, 0.05) is 17.8 Å². The second-order valence-electron chi connectivity index (χ2n) is 3.30. The molecule has 2 aromatic carbocycles. The Hall–Kier alpha value is -2.27. The van der Waals surface area contributed by atoms with Gasteiger partial charge in [-0.2, -0.15) is 0 Å². The van der Waals surface area contributed by atoms with Gasteiger partial charge in [0.2, 0.25) is 0 Å². The van der Waals surface area contributed by atoms with Gasteiger partial charge in [-0.05, 0) is 18.2 Å². The minimum atomic E-state index is -0.578. The number of hydrogen-bond donors (Lipinski definition) is 2. The molecule has 0 aromatic heterocycles. The highest BCUT2D eigenvalue weighted by Crippen LogP contribution is 2.26. The molecule has 0 amide bonds. The number of benzene rings is 2. The smallest absolute Gasteiger partial charge is 0.271 e. The lowest BCUT2D eigenvalue weighted by Crippen LogP contribution is -1.86. The van der Waals surface area contributed by atoms with Crippen molar-refractivity contribution >= 4 is 23.0 Å². The van der Waals surface area contributed by atoms with Crippen LogP contribution in [0.5, 0.6) is 5.75 Å². The van der Waals surface area contributed by atoms with E-state index >= 15 is 0 Å². The van der Waals surface area contributed by atoms with Gasteiger partial charge in [-0.25, -0.2) is 0 Å². The van der Waals surface area contributed by atoms with E-state index in [1.54, 1.807) is 0 Å². The van der Waals surface area contributed by atoms with Gasteiger partial charge in [0.1, 0.15) is 5.75 Å². The standard InChI is InChI=1S/C6H4ClNO3.C6H7N/c7-5-3-4(8(10)11)1-2-6(5)9;7-6-4-2-1-3-5-6/h1-3,9H;1-5H,7H2. The number of halogens is 1. The van der Waals surface area contributed by atoms with Crippen LogP contribution in [0.2, 0.25) is 5.02 Å². The van der Waals surface area contributed by atoms with Crippen molar-refractivity contribution in [3.63, 3.8) is 0 Å². The van der Waals surface area contributed by atoms with Crippen LogP contribution in [0.25, 0.3) is 0 Å². The van der Waals surface area contributed by atoms with E-state index in [1.165, 1.54) is 12.1 Å². The molecule has 94 valence electrons. The summed E-state index contributed by atoms with van der Waals surface area (Å²) in [4.78, 5) is 9.55. The van der Waals surface area contributed by atoms with Crippen LogP contribution in [0.4, 0.5) is 11.4 Å². The lowest BCUT2D eigenvalue weighted by atomic mass is 10.3. The van der Waals surface area contributed by atoms with Crippen molar-refractivity contribution in [3.05, 3.63) is 63.7 Å². The topological polar surface area (TPSA) is 89.4 Å². The van der Waals surface area contributed by atoms with Crippen LogP contribution in [0.15, 0.2) is 48.5 Å². The van der Waals surface area contributed by atoms with E-state index in [1.807, 2.05) is 30.3 Å². The van der Waals surface area contributed by atoms with Crippen LogP contribution in [-0.4, -0.2) is 10.0 Å². The van der Waals surface area contributed by atoms with Gasteiger partial charge in [0.15, 0.2) is 0 Å². The Kier molecular flexibility index (Phi) is 4.95. The Labute approximate surface area is 109 Å². The summed E-state index contributed by atoms with van der Waals surface area (Å²) in [6.07, 6.45) is 0. The molecule has 5 nitrogen and oxygen atoms in total. The van der Waals surface area contributed by atoms with Crippen molar-refractivity contribution in [3.8, 4) is 5.75 Å². The number of anilines is 1. The van der Waals surface area contributed by atoms with Crippen molar-refractivity contribution < 1.29 is 10.0 Å². The summed E-state index contributed by atoms with van der Waals surface area (Å²) in [7, 11) is 0. The number of nitrogen functional groups attached to an aromatic ring is 1. The molecule has 0 saturated heterocycles. The fraction of sp³-hybridized carbons (Fsp3) is 0. The zero-order valence-corrected chi connectivity index (χ0v) is 10.0. The van der Waals surface area contributed by atoms with E-state index in [4.69, 9.17) is 22.4 Å². The summed E-state index contributed by atoms with van der Waals surface area (Å²) < 4.78 is 0. The molecule has 0 heterocycles. The third-order valence-electron chi connectivity index (χ3n) is 1.94. The molecule has 6 heteroatoms. The molecule has 0 saturated carbocycles. The Morgan fingerprint density at radius 2 is 1.78 bits per heavy atom. The Balaban J connectivity index is 0.000000199. The Bertz CT molecular complexity index is 532. The molecule has 2 rings (SSSR count). The number of para-hydroxylation sites is 1. The van der Waals surface area contributed by atoms with E-state index in [0.717, 1.165) is 11.8 Å². The number of nitro benzene ring substituents is 1. The molecule has 3 N–H and O–H groups in total. The second kappa shape index (κ2) is 6.46. The molecule has 0 aliphatic carbocycles. The normalized spacial score (nSPS) is 9.17. The summed E-state index contributed by atoms with van der Waals surface area (Å²) in [5.41, 5.74) is 6.05.